The Labute approximate surface area is 122 Å². The van der Waals surface area contributed by atoms with Crippen molar-refractivity contribution in [2.75, 3.05) is 16.8 Å². The fourth-order valence-electron chi connectivity index (χ4n) is 2.55. The van der Waals surface area contributed by atoms with Gasteiger partial charge in [-0.2, -0.15) is 0 Å². The van der Waals surface area contributed by atoms with Crippen LogP contribution in [0.5, 0.6) is 0 Å². The second-order valence-corrected chi connectivity index (χ2v) is 7.20. The van der Waals surface area contributed by atoms with Crippen molar-refractivity contribution in [1.82, 2.24) is 0 Å². The van der Waals surface area contributed by atoms with Gasteiger partial charge in [0.1, 0.15) is 0 Å². The van der Waals surface area contributed by atoms with Crippen LogP contribution < -0.4 is 11.1 Å². The van der Waals surface area contributed by atoms with Crippen LogP contribution in [0.4, 0.5) is 11.4 Å². The summed E-state index contributed by atoms with van der Waals surface area (Å²) in [7, 11) is -0.864. The third-order valence-corrected chi connectivity index (χ3v) is 5.55. The lowest BCUT2D eigenvalue weighted by molar-refractivity contribution is -0.115. The average molecular weight is 294 g/mol. The molecule has 0 radical (unpaired) electrons. The van der Waals surface area contributed by atoms with Crippen LogP contribution in [0.3, 0.4) is 0 Å². The third-order valence-electron chi connectivity index (χ3n) is 3.73. The van der Waals surface area contributed by atoms with E-state index < -0.39 is 10.8 Å². The number of rotatable bonds is 5. The first kappa shape index (κ1) is 15.0. The summed E-state index contributed by atoms with van der Waals surface area (Å²) in [4.78, 5) is 11.9. The largest absolute Gasteiger partial charge is 0.399 e. The summed E-state index contributed by atoms with van der Waals surface area (Å²) >= 11 is 0. The Bertz CT molecular complexity index is 511. The number of amides is 1. The molecule has 1 aromatic carbocycles. The molecule has 1 unspecified atom stereocenters. The van der Waals surface area contributed by atoms with Crippen LogP contribution in [0.1, 0.15) is 37.7 Å². The summed E-state index contributed by atoms with van der Waals surface area (Å²) in [6, 6.07) is 5.39. The standard InChI is InChI=1S/C15H22N2O2S/c1-11-10-12(16)6-7-14(11)17-15(18)8-9-20(19)13-4-2-3-5-13/h6-7,10,13H,2-5,8-9,16H2,1H3,(H,17,18). The summed E-state index contributed by atoms with van der Waals surface area (Å²) in [5, 5.41) is 3.16. The highest BCUT2D eigenvalue weighted by Crippen LogP contribution is 2.23. The van der Waals surface area contributed by atoms with Gasteiger partial charge in [-0.25, -0.2) is 0 Å². The van der Waals surface area contributed by atoms with E-state index in [4.69, 9.17) is 5.73 Å². The summed E-state index contributed by atoms with van der Waals surface area (Å²) in [5.74, 6) is 0.383. The third kappa shape index (κ3) is 4.07. The Hall–Kier alpha value is -1.36. The van der Waals surface area contributed by atoms with Gasteiger partial charge in [-0.15, -0.1) is 0 Å². The molecule has 0 aliphatic heterocycles. The molecular weight excluding hydrogens is 272 g/mol. The van der Waals surface area contributed by atoms with Crippen molar-refractivity contribution in [3.05, 3.63) is 23.8 Å². The smallest absolute Gasteiger partial charge is 0.225 e. The van der Waals surface area contributed by atoms with Gasteiger partial charge in [0.25, 0.3) is 0 Å². The zero-order valence-electron chi connectivity index (χ0n) is 11.9. The van der Waals surface area contributed by atoms with Gasteiger partial charge in [-0.05, 0) is 43.5 Å². The molecule has 1 fully saturated rings. The van der Waals surface area contributed by atoms with Crippen molar-refractivity contribution in [3.63, 3.8) is 0 Å². The molecule has 5 heteroatoms. The Morgan fingerprint density at radius 2 is 2.10 bits per heavy atom. The molecule has 1 aliphatic rings. The summed E-state index contributed by atoms with van der Waals surface area (Å²) in [5.41, 5.74) is 8.07. The summed E-state index contributed by atoms with van der Waals surface area (Å²) in [6.07, 6.45) is 4.75. The predicted octanol–water partition coefficient (Wildman–Crippen LogP) is 2.60. The molecule has 20 heavy (non-hydrogen) atoms. The molecule has 1 saturated carbocycles. The molecule has 0 aromatic heterocycles. The van der Waals surface area contributed by atoms with Gasteiger partial charge in [-0.3, -0.25) is 9.00 Å². The van der Waals surface area contributed by atoms with Gasteiger partial charge in [0.2, 0.25) is 5.91 Å². The first-order valence-electron chi connectivity index (χ1n) is 7.09. The maximum atomic E-state index is 12.0. The molecule has 2 rings (SSSR count). The second-order valence-electron chi connectivity index (χ2n) is 5.36. The van der Waals surface area contributed by atoms with Crippen molar-refractivity contribution in [1.29, 1.82) is 0 Å². The molecule has 1 atom stereocenters. The van der Waals surface area contributed by atoms with Crippen LogP contribution in [0.2, 0.25) is 0 Å². The minimum absolute atomic E-state index is 0.0794. The highest BCUT2D eigenvalue weighted by atomic mass is 32.2. The number of carbonyl (C=O) groups is 1. The van der Waals surface area contributed by atoms with Crippen LogP contribution in [0.15, 0.2) is 18.2 Å². The minimum Gasteiger partial charge on any atom is -0.399 e. The summed E-state index contributed by atoms with van der Waals surface area (Å²) < 4.78 is 12.0. The number of benzene rings is 1. The molecule has 1 aliphatic carbocycles. The molecule has 3 N–H and O–H groups in total. The van der Waals surface area contributed by atoms with E-state index in [1.807, 2.05) is 13.0 Å². The van der Waals surface area contributed by atoms with E-state index in [-0.39, 0.29) is 5.91 Å². The van der Waals surface area contributed by atoms with Crippen molar-refractivity contribution in [2.45, 2.75) is 44.3 Å². The van der Waals surface area contributed by atoms with Crippen LogP contribution in [0, 0.1) is 6.92 Å². The molecule has 0 bridgehead atoms. The van der Waals surface area contributed by atoms with Crippen molar-refractivity contribution < 1.29 is 9.00 Å². The molecule has 1 amide bonds. The number of hydrogen-bond acceptors (Lipinski definition) is 3. The molecular formula is C15H22N2O2S. The molecule has 110 valence electrons. The molecule has 1 aromatic rings. The lowest BCUT2D eigenvalue weighted by atomic mass is 10.2. The lowest BCUT2D eigenvalue weighted by Gasteiger charge is -2.11. The van der Waals surface area contributed by atoms with Gasteiger partial charge >= 0.3 is 0 Å². The quantitative estimate of drug-likeness (QED) is 0.820. The number of aryl methyl sites for hydroxylation is 1. The van der Waals surface area contributed by atoms with Gasteiger partial charge in [0.15, 0.2) is 0 Å². The lowest BCUT2D eigenvalue weighted by Crippen LogP contribution is -2.19. The number of nitrogen functional groups attached to an aromatic ring is 1. The topological polar surface area (TPSA) is 72.2 Å². The van der Waals surface area contributed by atoms with Crippen LogP contribution in [-0.2, 0) is 15.6 Å². The number of nitrogens with one attached hydrogen (secondary N) is 1. The minimum atomic E-state index is -0.864. The Kier molecular flexibility index (Phi) is 5.17. The number of nitrogens with two attached hydrogens (primary N) is 1. The SMILES string of the molecule is Cc1cc(N)ccc1NC(=O)CCS(=O)C1CCCC1. The zero-order valence-corrected chi connectivity index (χ0v) is 12.7. The van der Waals surface area contributed by atoms with Gasteiger partial charge in [0, 0.05) is 39.6 Å². The fraction of sp³-hybridized carbons (Fsp3) is 0.533. The van der Waals surface area contributed by atoms with E-state index in [0.717, 1.165) is 24.1 Å². The van der Waals surface area contributed by atoms with Crippen molar-refractivity contribution in [3.8, 4) is 0 Å². The Morgan fingerprint density at radius 1 is 1.40 bits per heavy atom. The van der Waals surface area contributed by atoms with E-state index in [1.54, 1.807) is 12.1 Å². The monoisotopic (exact) mass is 294 g/mol. The van der Waals surface area contributed by atoms with Crippen LogP contribution >= 0.6 is 0 Å². The van der Waals surface area contributed by atoms with E-state index in [2.05, 4.69) is 5.32 Å². The first-order valence-corrected chi connectivity index (χ1v) is 8.47. The normalized spacial score (nSPS) is 17.1. The second kappa shape index (κ2) is 6.88. The number of carbonyl (C=O) groups excluding carboxylic acids is 1. The predicted molar refractivity (Wildman–Crippen MR) is 84.1 cm³/mol. The summed E-state index contributed by atoms with van der Waals surface area (Å²) in [6.45, 7) is 1.91. The highest BCUT2D eigenvalue weighted by Gasteiger charge is 2.21. The molecule has 0 spiro atoms. The van der Waals surface area contributed by atoms with Crippen LogP contribution in [0.25, 0.3) is 0 Å². The highest BCUT2D eigenvalue weighted by molar-refractivity contribution is 7.85. The van der Waals surface area contributed by atoms with E-state index in [9.17, 15) is 9.00 Å². The van der Waals surface area contributed by atoms with E-state index in [0.29, 0.717) is 23.1 Å². The van der Waals surface area contributed by atoms with Gasteiger partial charge in [-0.1, -0.05) is 12.8 Å². The van der Waals surface area contributed by atoms with Gasteiger partial charge in [0.05, 0.1) is 0 Å². The Morgan fingerprint density at radius 3 is 2.75 bits per heavy atom. The first-order chi connectivity index (χ1) is 9.56. The number of anilines is 2. The fourth-order valence-corrected chi connectivity index (χ4v) is 4.13. The molecule has 4 nitrogen and oxygen atoms in total. The number of hydrogen-bond donors (Lipinski definition) is 2. The Balaban J connectivity index is 1.81. The maximum Gasteiger partial charge on any atom is 0.225 e. The molecule has 0 saturated heterocycles. The van der Waals surface area contributed by atoms with Crippen LogP contribution in [-0.4, -0.2) is 21.1 Å². The molecule has 0 heterocycles. The van der Waals surface area contributed by atoms with Crippen molar-refractivity contribution in [2.24, 2.45) is 0 Å². The van der Waals surface area contributed by atoms with E-state index >= 15 is 0 Å². The van der Waals surface area contributed by atoms with Crippen molar-refractivity contribution >= 4 is 28.1 Å². The van der Waals surface area contributed by atoms with Gasteiger partial charge < -0.3 is 11.1 Å². The average Bonchev–Trinajstić information content (AvgIpc) is 2.93. The zero-order chi connectivity index (χ0) is 14.5. The maximum absolute atomic E-state index is 12.0. The van der Waals surface area contributed by atoms with E-state index in [1.165, 1.54) is 12.8 Å².